The average molecular weight is 708 g/mol. The molecule has 0 saturated heterocycles. The Balaban J connectivity index is 1.54. The topological polar surface area (TPSA) is 229 Å². The van der Waals surface area contributed by atoms with E-state index >= 15 is 0 Å². The highest BCUT2D eigenvalue weighted by Gasteiger charge is 2.36. The normalized spacial score (nSPS) is 14.6. The number of aromatic nitrogens is 1. The number of carbonyl (C=O) groups is 1. The fourth-order valence-electron chi connectivity index (χ4n) is 5.87. The van der Waals surface area contributed by atoms with Crippen molar-refractivity contribution < 1.29 is 40.8 Å². The first-order valence-corrected chi connectivity index (χ1v) is 17.4. The lowest BCUT2D eigenvalue weighted by molar-refractivity contribution is -0.432. The number of aliphatic imine (C=N–C) groups is 1. The number of carbonyl (C=O) groups excluding carboxylic acids is 1. The number of aryl methyl sites for hydroxylation is 1. The number of nitrogen functional groups attached to an aromatic ring is 1. The number of amidine groups is 1. The van der Waals surface area contributed by atoms with Gasteiger partial charge in [-0.1, -0.05) is 41.4 Å². The van der Waals surface area contributed by atoms with E-state index in [-0.39, 0.29) is 60.6 Å². The fraction of sp³-hybridized carbons (Fsp3) is 0.0333. The molecule has 1 aliphatic carbocycles. The monoisotopic (exact) mass is 707 g/mol. The third-order valence-electron chi connectivity index (χ3n) is 7.90. The van der Waals surface area contributed by atoms with Crippen molar-refractivity contribution in [1.29, 1.82) is 0 Å². The predicted octanol–water partition coefficient (Wildman–Crippen LogP) is 4.12. The summed E-state index contributed by atoms with van der Waals surface area (Å²) in [6, 6.07) is 17.9. The Labute approximate surface area is 275 Å². The van der Waals surface area contributed by atoms with Gasteiger partial charge in [-0.15, -0.1) is 4.33 Å². The molecule has 15 nitrogen and oxygen atoms in total. The van der Waals surface area contributed by atoms with Crippen LogP contribution in [0.5, 0.6) is 0 Å². The number of sulfonamides is 1. The predicted molar refractivity (Wildman–Crippen MR) is 176 cm³/mol. The highest BCUT2D eigenvalue weighted by atomic mass is 32.2. The van der Waals surface area contributed by atoms with Crippen molar-refractivity contribution in [3.63, 3.8) is 0 Å². The maximum absolute atomic E-state index is 14.3. The van der Waals surface area contributed by atoms with Crippen LogP contribution in [0.25, 0.3) is 22.0 Å². The summed E-state index contributed by atoms with van der Waals surface area (Å²) in [6.07, 6.45) is 0. The molecule has 48 heavy (non-hydrogen) atoms. The van der Waals surface area contributed by atoms with Crippen molar-refractivity contribution in [3.8, 4) is 11.1 Å². The molecule has 2 aliphatic rings. The van der Waals surface area contributed by atoms with Gasteiger partial charge in [-0.2, -0.15) is 8.42 Å². The van der Waals surface area contributed by atoms with E-state index in [1.807, 2.05) is 0 Å². The van der Waals surface area contributed by atoms with Crippen LogP contribution in [-0.2, 0) is 36.6 Å². The minimum Gasteiger partial charge on any atom is -0.398 e. The maximum Gasteiger partial charge on any atom is 0.296 e. The Hall–Kier alpha value is -5.08. The molecule has 7 rings (SSSR count). The Morgan fingerprint density at radius 2 is 1.67 bits per heavy atom. The van der Waals surface area contributed by atoms with Crippen LogP contribution in [0.15, 0.2) is 97.3 Å². The van der Waals surface area contributed by atoms with Gasteiger partial charge in [0.05, 0.1) is 56.3 Å². The van der Waals surface area contributed by atoms with Crippen molar-refractivity contribution in [2.24, 2.45) is 12.0 Å². The Morgan fingerprint density at radius 3 is 2.40 bits per heavy atom. The average Bonchev–Trinajstić information content (AvgIpc) is 3.04. The second-order valence-corrected chi connectivity index (χ2v) is 14.4. The van der Waals surface area contributed by atoms with Crippen LogP contribution in [0.3, 0.4) is 0 Å². The first kappa shape index (κ1) is 31.5. The van der Waals surface area contributed by atoms with Crippen molar-refractivity contribution in [1.82, 2.24) is 9.29 Å². The third-order valence-corrected chi connectivity index (χ3v) is 10.8. The molecular formula is C30H21N5O10S3. The lowest BCUT2D eigenvalue weighted by Crippen LogP contribution is -2.39. The van der Waals surface area contributed by atoms with E-state index in [9.17, 15) is 31.0 Å². The van der Waals surface area contributed by atoms with E-state index in [1.54, 1.807) is 42.5 Å². The van der Waals surface area contributed by atoms with Crippen LogP contribution >= 0.6 is 12.0 Å². The van der Waals surface area contributed by atoms with Gasteiger partial charge in [-0.05, 0) is 42.0 Å². The number of nitrogens with two attached hydrogens (primary N) is 1. The molecule has 4 aromatic carbocycles. The summed E-state index contributed by atoms with van der Waals surface area (Å²) in [7, 11) is -7.42. The fourth-order valence-corrected chi connectivity index (χ4v) is 8.20. The number of fused-ring (bicyclic) bond motifs is 3. The minimum atomic E-state index is -4.77. The van der Waals surface area contributed by atoms with Crippen LogP contribution in [0, 0.1) is 0 Å². The molecule has 0 bridgehead atoms. The molecule has 2 heterocycles. The van der Waals surface area contributed by atoms with E-state index in [4.69, 9.17) is 11.0 Å². The van der Waals surface area contributed by atoms with Gasteiger partial charge in [0.25, 0.3) is 25.7 Å². The van der Waals surface area contributed by atoms with Gasteiger partial charge < -0.3 is 15.6 Å². The van der Waals surface area contributed by atoms with E-state index in [2.05, 4.69) is 24.4 Å². The molecule has 0 amide bonds. The molecule has 1 aromatic heterocycles. The minimum absolute atomic E-state index is 0.0344. The standard InChI is InChI=1S/C30H21N5O10S3/c1-35-20-11-10-18(32-19-12-16(31)23(48(41,42)43)13-21(19)46-45-44-38)25-26(20)24(14-6-2-3-7-15(14)28(25)36)27(30(35)37)29-33-17-8-4-5-9-22(17)47(39,40)34-29/h2-13,32,38H,31H2,1H3,(H,33,34)(H,41,42,43). The van der Waals surface area contributed by atoms with Crippen molar-refractivity contribution in [3.05, 3.63) is 99.8 Å². The van der Waals surface area contributed by atoms with Gasteiger partial charge in [0.15, 0.2) is 11.6 Å². The first-order valence-electron chi connectivity index (χ1n) is 13.7. The molecular weight excluding hydrogens is 687 g/mol. The number of pyridine rings is 1. The number of hydrogen-bond acceptors (Lipinski definition) is 13. The summed E-state index contributed by atoms with van der Waals surface area (Å²) in [5, 5.41) is 15.8. The van der Waals surface area contributed by atoms with Crippen molar-refractivity contribution in [2.45, 2.75) is 14.7 Å². The van der Waals surface area contributed by atoms with Crippen LogP contribution in [0.1, 0.15) is 21.5 Å². The zero-order valence-corrected chi connectivity index (χ0v) is 26.7. The number of rotatable bonds is 7. The second-order valence-electron chi connectivity index (χ2n) is 10.6. The molecule has 0 spiro atoms. The SMILES string of the molecule is Cn1c(=O)c(C2=Nc3ccccc3S(=O)(=O)N2)c2c3c(c(Nc4cc(N)c(S(=O)(=O)O)cc4SOOO)ccc31)C(=O)c1ccccc1-2. The summed E-state index contributed by atoms with van der Waals surface area (Å²) >= 11 is 0.372. The van der Waals surface area contributed by atoms with Crippen LogP contribution in [0.4, 0.5) is 22.7 Å². The number of ketones is 1. The molecule has 0 unspecified atom stereocenters. The highest BCUT2D eigenvalue weighted by Crippen LogP contribution is 2.45. The Bertz CT molecular complexity index is 2570. The summed E-state index contributed by atoms with van der Waals surface area (Å²) < 4.78 is 68.4. The third kappa shape index (κ3) is 4.94. The van der Waals surface area contributed by atoms with Crippen molar-refractivity contribution >= 4 is 77.5 Å². The Kier molecular flexibility index (Phi) is 7.40. The van der Waals surface area contributed by atoms with Gasteiger partial charge in [-0.3, -0.25) is 18.9 Å². The molecule has 18 heteroatoms. The van der Waals surface area contributed by atoms with Crippen LogP contribution in [0.2, 0.25) is 0 Å². The summed E-state index contributed by atoms with van der Waals surface area (Å²) in [5.74, 6) is -0.674. The number of benzene rings is 4. The highest BCUT2D eigenvalue weighted by molar-refractivity contribution is 7.94. The summed E-state index contributed by atoms with van der Waals surface area (Å²) in [5.41, 5.74) is 6.59. The molecule has 0 fully saturated rings. The molecule has 0 atom stereocenters. The van der Waals surface area contributed by atoms with Crippen LogP contribution < -0.4 is 21.3 Å². The number of nitrogens with zero attached hydrogens (tertiary/aromatic N) is 2. The first-order chi connectivity index (χ1) is 22.8. The summed E-state index contributed by atoms with van der Waals surface area (Å²) in [4.78, 5) is 32.1. The molecule has 0 saturated carbocycles. The Morgan fingerprint density at radius 1 is 0.958 bits per heavy atom. The van der Waals surface area contributed by atoms with Gasteiger partial charge in [-0.25, -0.2) is 18.7 Å². The van der Waals surface area contributed by atoms with E-state index in [1.165, 1.54) is 35.9 Å². The number of para-hydroxylation sites is 1. The number of anilines is 3. The van der Waals surface area contributed by atoms with Gasteiger partial charge in [0, 0.05) is 23.6 Å². The van der Waals surface area contributed by atoms with E-state index in [0.717, 1.165) is 6.07 Å². The molecule has 1 aliphatic heterocycles. The smallest absolute Gasteiger partial charge is 0.296 e. The van der Waals surface area contributed by atoms with Crippen LogP contribution in [-0.4, -0.2) is 42.8 Å². The quantitative estimate of drug-likeness (QED) is 0.0518. The molecule has 0 radical (unpaired) electrons. The lowest BCUT2D eigenvalue weighted by Gasteiger charge is -2.27. The lowest BCUT2D eigenvalue weighted by atomic mass is 9.81. The number of nitrogens with one attached hydrogen (secondary N) is 2. The second kappa shape index (κ2) is 11.3. The van der Waals surface area contributed by atoms with Gasteiger partial charge >= 0.3 is 0 Å². The van der Waals surface area contributed by atoms with Crippen molar-refractivity contribution in [2.75, 3.05) is 11.1 Å². The number of hydrogen-bond donors (Lipinski definition) is 5. The van der Waals surface area contributed by atoms with E-state index in [0.29, 0.717) is 28.5 Å². The molecule has 244 valence electrons. The maximum atomic E-state index is 14.3. The summed E-state index contributed by atoms with van der Waals surface area (Å²) in [6.45, 7) is 0. The van der Waals surface area contributed by atoms with Gasteiger partial charge in [0.2, 0.25) is 0 Å². The molecule has 6 N–H and O–H groups in total. The molecule has 5 aromatic rings. The zero-order valence-electron chi connectivity index (χ0n) is 24.3. The van der Waals surface area contributed by atoms with E-state index < -0.39 is 36.4 Å². The zero-order chi connectivity index (χ0) is 34.1. The largest absolute Gasteiger partial charge is 0.398 e. The van der Waals surface area contributed by atoms with Gasteiger partial charge in [0.1, 0.15) is 9.79 Å².